The number of carbonyl (C=O) groups excluding carboxylic acids is 3. The van der Waals surface area contributed by atoms with Crippen LogP contribution in [0.25, 0.3) is 0 Å². The highest BCUT2D eigenvalue weighted by Gasteiger charge is 2.53. The summed E-state index contributed by atoms with van der Waals surface area (Å²) >= 11 is 0. The third kappa shape index (κ3) is 3.07. The van der Waals surface area contributed by atoms with Crippen molar-refractivity contribution in [2.24, 2.45) is 0 Å². The summed E-state index contributed by atoms with van der Waals surface area (Å²) in [5.74, 6) is -1.74. The van der Waals surface area contributed by atoms with E-state index in [-0.39, 0.29) is 6.42 Å². The Hall–Kier alpha value is -1.69. The maximum absolute atomic E-state index is 12.0. The van der Waals surface area contributed by atoms with E-state index in [0.29, 0.717) is 0 Å². The molecule has 4 amide bonds. The number of imide groups is 2. The number of allylic oxidation sites excluding steroid dienone is 1. The number of aliphatic hydroxyl groups is 1. The fraction of sp³-hybridized carbons (Fsp3) is 0.643. The van der Waals surface area contributed by atoms with Crippen LogP contribution in [-0.4, -0.2) is 52.4 Å². The molecule has 0 aromatic heterocycles. The molecule has 1 N–H and O–H groups in total. The van der Waals surface area contributed by atoms with Gasteiger partial charge in [0, 0.05) is 20.5 Å². The molecule has 0 aromatic carbocycles. The molecule has 6 nitrogen and oxygen atoms in total. The number of hydrogen-bond acceptors (Lipinski definition) is 4. The lowest BCUT2D eigenvalue weighted by atomic mass is 9.93. The molecule has 0 radical (unpaired) electrons. The minimum absolute atomic E-state index is 0.112. The summed E-state index contributed by atoms with van der Waals surface area (Å²) in [6.45, 7) is 2.11. The Bertz CT molecular complexity index is 407. The van der Waals surface area contributed by atoms with Gasteiger partial charge in [-0.2, -0.15) is 0 Å². The van der Waals surface area contributed by atoms with Crippen LogP contribution in [0.4, 0.5) is 4.79 Å². The smallest absolute Gasteiger partial charge is 0.333 e. The zero-order chi connectivity index (χ0) is 15.3. The molecule has 20 heavy (non-hydrogen) atoms. The molecule has 0 unspecified atom stereocenters. The molecule has 1 aliphatic heterocycles. The fourth-order valence-electron chi connectivity index (χ4n) is 2.10. The van der Waals surface area contributed by atoms with E-state index in [1.807, 2.05) is 6.08 Å². The largest absolute Gasteiger partial charge is 0.371 e. The summed E-state index contributed by atoms with van der Waals surface area (Å²) in [5, 5.41) is 10.3. The Morgan fingerprint density at radius 2 is 1.60 bits per heavy atom. The predicted molar refractivity (Wildman–Crippen MR) is 73.8 cm³/mol. The van der Waals surface area contributed by atoms with Crippen molar-refractivity contribution in [1.82, 2.24) is 9.80 Å². The summed E-state index contributed by atoms with van der Waals surface area (Å²) in [4.78, 5) is 37.0. The van der Waals surface area contributed by atoms with Crippen molar-refractivity contribution < 1.29 is 19.5 Å². The van der Waals surface area contributed by atoms with Gasteiger partial charge >= 0.3 is 6.03 Å². The van der Waals surface area contributed by atoms with E-state index in [1.165, 1.54) is 14.1 Å². The van der Waals surface area contributed by atoms with Gasteiger partial charge in [-0.15, -0.1) is 0 Å². The second-order valence-electron chi connectivity index (χ2n) is 5.04. The number of barbiturate groups is 1. The molecule has 1 heterocycles. The van der Waals surface area contributed by atoms with Gasteiger partial charge in [0.25, 0.3) is 11.8 Å². The quantitative estimate of drug-likeness (QED) is 0.452. The highest BCUT2D eigenvalue weighted by Crippen LogP contribution is 2.23. The van der Waals surface area contributed by atoms with Gasteiger partial charge in [-0.05, 0) is 12.8 Å². The van der Waals surface area contributed by atoms with Gasteiger partial charge in [0.2, 0.25) is 5.60 Å². The van der Waals surface area contributed by atoms with Crippen LogP contribution >= 0.6 is 0 Å². The Morgan fingerprint density at radius 1 is 1.05 bits per heavy atom. The molecule has 1 saturated heterocycles. The first-order chi connectivity index (χ1) is 9.36. The number of nitrogens with zero attached hydrogens (tertiary/aromatic N) is 2. The number of rotatable bonds is 6. The van der Waals surface area contributed by atoms with Crippen molar-refractivity contribution in [3.63, 3.8) is 0 Å². The minimum Gasteiger partial charge on any atom is -0.371 e. The molecule has 112 valence electrons. The van der Waals surface area contributed by atoms with Crippen molar-refractivity contribution in [3.05, 3.63) is 12.2 Å². The highest BCUT2D eigenvalue weighted by molar-refractivity contribution is 6.21. The summed E-state index contributed by atoms with van der Waals surface area (Å²) < 4.78 is 0. The molecule has 0 aromatic rings. The van der Waals surface area contributed by atoms with Gasteiger partial charge in [-0.1, -0.05) is 31.9 Å². The van der Waals surface area contributed by atoms with Crippen LogP contribution in [-0.2, 0) is 9.59 Å². The Labute approximate surface area is 119 Å². The van der Waals surface area contributed by atoms with Crippen molar-refractivity contribution in [3.8, 4) is 0 Å². The first-order valence-corrected chi connectivity index (χ1v) is 6.84. The zero-order valence-corrected chi connectivity index (χ0v) is 12.3. The van der Waals surface area contributed by atoms with Crippen molar-refractivity contribution in [2.45, 2.75) is 44.6 Å². The van der Waals surface area contributed by atoms with E-state index < -0.39 is 23.4 Å². The maximum Gasteiger partial charge on any atom is 0.333 e. The number of likely N-dealkylation sites (N-methyl/N-ethyl adjacent to an activating group) is 2. The lowest BCUT2D eigenvalue weighted by molar-refractivity contribution is -0.167. The van der Waals surface area contributed by atoms with Crippen LogP contribution in [0.15, 0.2) is 12.2 Å². The molecule has 1 fully saturated rings. The summed E-state index contributed by atoms with van der Waals surface area (Å²) in [5.41, 5.74) is -2.17. The standard InChI is InChI=1S/C14H22N2O4/c1-4-5-6-7-8-9-10-14(20)11(17)15(2)13(19)16(3)12(14)18/h8-9,20H,4-7,10H2,1-3H3/b9-8-. The first-order valence-electron chi connectivity index (χ1n) is 6.84. The molecule has 0 aliphatic carbocycles. The SMILES string of the molecule is CCCCC/C=C\CC1(O)C(=O)N(C)C(=O)N(C)C1=O. The van der Waals surface area contributed by atoms with Crippen molar-refractivity contribution >= 4 is 17.8 Å². The highest BCUT2D eigenvalue weighted by atomic mass is 16.3. The van der Waals surface area contributed by atoms with Gasteiger partial charge in [0.15, 0.2) is 0 Å². The van der Waals surface area contributed by atoms with Gasteiger partial charge in [0.05, 0.1) is 0 Å². The van der Waals surface area contributed by atoms with Crippen LogP contribution in [0, 0.1) is 0 Å². The zero-order valence-electron chi connectivity index (χ0n) is 12.3. The maximum atomic E-state index is 12.0. The van der Waals surface area contributed by atoms with Crippen LogP contribution in [0.5, 0.6) is 0 Å². The van der Waals surface area contributed by atoms with E-state index in [2.05, 4.69) is 6.92 Å². The molecule has 0 atom stereocenters. The Kier molecular flexibility index (Phi) is 5.44. The predicted octanol–water partition coefficient (Wildman–Crippen LogP) is 1.29. The van der Waals surface area contributed by atoms with Crippen molar-refractivity contribution in [1.29, 1.82) is 0 Å². The monoisotopic (exact) mass is 282 g/mol. The van der Waals surface area contributed by atoms with Gasteiger partial charge in [-0.25, -0.2) is 4.79 Å². The van der Waals surface area contributed by atoms with Crippen LogP contribution in [0.2, 0.25) is 0 Å². The number of carbonyl (C=O) groups is 3. The minimum atomic E-state index is -2.17. The van der Waals surface area contributed by atoms with Gasteiger partial charge < -0.3 is 5.11 Å². The van der Waals surface area contributed by atoms with E-state index in [0.717, 1.165) is 35.5 Å². The lowest BCUT2D eigenvalue weighted by Crippen LogP contribution is -2.66. The molecule has 0 spiro atoms. The third-order valence-corrected chi connectivity index (χ3v) is 3.45. The molecule has 1 rings (SSSR count). The molecule has 6 heteroatoms. The third-order valence-electron chi connectivity index (χ3n) is 3.45. The van der Waals surface area contributed by atoms with E-state index in [4.69, 9.17) is 0 Å². The average molecular weight is 282 g/mol. The molecular formula is C14H22N2O4. The summed E-state index contributed by atoms with van der Waals surface area (Å²) in [7, 11) is 2.51. The molecule has 0 saturated carbocycles. The Balaban J connectivity index is 2.72. The molecule has 1 aliphatic rings. The second-order valence-corrected chi connectivity index (χ2v) is 5.04. The second kappa shape index (κ2) is 6.65. The van der Waals surface area contributed by atoms with E-state index in [9.17, 15) is 19.5 Å². The number of unbranched alkanes of at least 4 members (excludes halogenated alkanes) is 3. The number of urea groups is 1. The normalized spacial score (nSPS) is 19.3. The molecule has 0 bridgehead atoms. The fourth-order valence-corrected chi connectivity index (χ4v) is 2.10. The average Bonchev–Trinajstić information content (AvgIpc) is 2.45. The first kappa shape index (κ1) is 16.4. The summed E-state index contributed by atoms with van der Waals surface area (Å²) in [6, 6.07) is -0.725. The summed E-state index contributed by atoms with van der Waals surface area (Å²) in [6.07, 6.45) is 7.48. The van der Waals surface area contributed by atoms with Crippen LogP contribution in [0.3, 0.4) is 0 Å². The van der Waals surface area contributed by atoms with E-state index in [1.54, 1.807) is 6.08 Å². The topological polar surface area (TPSA) is 77.9 Å². The van der Waals surface area contributed by atoms with E-state index >= 15 is 0 Å². The van der Waals surface area contributed by atoms with Gasteiger partial charge in [0.1, 0.15) is 0 Å². The Morgan fingerprint density at radius 3 is 2.10 bits per heavy atom. The number of hydrogen-bond donors (Lipinski definition) is 1. The van der Waals surface area contributed by atoms with Crippen LogP contribution < -0.4 is 0 Å². The number of amides is 4. The van der Waals surface area contributed by atoms with Gasteiger partial charge in [-0.3, -0.25) is 19.4 Å². The van der Waals surface area contributed by atoms with Crippen molar-refractivity contribution in [2.75, 3.05) is 14.1 Å². The lowest BCUT2D eigenvalue weighted by Gasteiger charge is -2.37. The molecular weight excluding hydrogens is 260 g/mol. The van der Waals surface area contributed by atoms with Crippen LogP contribution in [0.1, 0.15) is 39.0 Å².